The summed E-state index contributed by atoms with van der Waals surface area (Å²) < 4.78 is 32.4. The van der Waals surface area contributed by atoms with Gasteiger partial charge in [-0.25, -0.2) is 8.42 Å². The van der Waals surface area contributed by atoms with Crippen LogP contribution in [0.4, 0.5) is 0 Å². The molecule has 2 aromatic carbocycles. The van der Waals surface area contributed by atoms with Gasteiger partial charge in [0.1, 0.15) is 0 Å². The fraction of sp³-hybridized carbons (Fsp3) is 0.391. The topological polar surface area (TPSA) is 92.8 Å². The zero-order chi connectivity index (χ0) is 22.4. The van der Waals surface area contributed by atoms with Crippen LogP contribution < -0.4 is 5.32 Å². The zero-order valence-electron chi connectivity index (χ0n) is 17.8. The number of nitrogens with one attached hydrogen (secondary N) is 1. The standard InChI is InChI=1S/C23H28N2O5S/c1-17(26)18-7-9-22(10-8-18)31(28,29)25-13-11-19(12-14-25)23(27)24-15-20-5-3-4-6-21(20)16-30-2/h3-10,19H,11-16H2,1-2H3,(H,24,27). The summed E-state index contributed by atoms with van der Waals surface area (Å²) in [6.07, 6.45) is 0.937. The van der Waals surface area contributed by atoms with Crippen LogP contribution in [0.2, 0.25) is 0 Å². The summed E-state index contributed by atoms with van der Waals surface area (Å²) in [7, 11) is -2.01. The SMILES string of the molecule is COCc1ccccc1CNC(=O)C1CCN(S(=O)(=O)c2ccc(C(C)=O)cc2)CC1. The predicted molar refractivity (Wildman–Crippen MR) is 117 cm³/mol. The van der Waals surface area contributed by atoms with Crippen LogP contribution in [0.3, 0.4) is 0 Å². The van der Waals surface area contributed by atoms with Crippen molar-refractivity contribution in [2.75, 3.05) is 20.2 Å². The molecule has 1 amide bonds. The van der Waals surface area contributed by atoms with Crippen molar-refractivity contribution in [3.05, 3.63) is 65.2 Å². The molecule has 0 spiro atoms. The van der Waals surface area contributed by atoms with Crippen LogP contribution in [0, 0.1) is 5.92 Å². The predicted octanol–water partition coefficient (Wildman–Crippen LogP) is 2.75. The summed E-state index contributed by atoms with van der Waals surface area (Å²) in [5, 5.41) is 2.98. The molecule has 1 N–H and O–H groups in total. The molecule has 1 aliphatic heterocycles. The van der Waals surface area contributed by atoms with Gasteiger partial charge in [-0.2, -0.15) is 4.31 Å². The van der Waals surface area contributed by atoms with E-state index in [1.165, 1.54) is 35.5 Å². The Kier molecular flexibility index (Phi) is 7.59. The quantitative estimate of drug-likeness (QED) is 0.632. The van der Waals surface area contributed by atoms with Crippen molar-refractivity contribution in [3.8, 4) is 0 Å². The molecule has 0 bridgehead atoms. The van der Waals surface area contributed by atoms with E-state index in [9.17, 15) is 18.0 Å². The van der Waals surface area contributed by atoms with Crippen LogP contribution in [0.5, 0.6) is 0 Å². The van der Waals surface area contributed by atoms with Crippen molar-refractivity contribution >= 4 is 21.7 Å². The molecular formula is C23H28N2O5S. The van der Waals surface area contributed by atoms with Gasteiger partial charge in [0.05, 0.1) is 11.5 Å². The van der Waals surface area contributed by atoms with Gasteiger partial charge < -0.3 is 10.1 Å². The normalized spacial score (nSPS) is 15.5. The summed E-state index contributed by atoms with van der Waals surface area (Å²) in [5.74, 6) is -0.392. The third-order valence-corrected chi connectivity index (χ3v) is 7.51. The molecule has 1 fully saturated rings. The molecular weight excluding hydrogens is 416 g/mol. The highest BCUT2D eigenvalue weighted by atomic mass is 32.2. The summed E-state index contributed by atoms with van der Waals surface area (Å²) >= 11 is 0. The van der Waals surface area contributed by atoms with E-state index in [4.69, 9.17) is 4.74 Å². The van der Waals surface area contributed by atoms with Crippen LogP contribution in [-0.2, 0) is 32.7 Å². The van der Waals surface area contributed by atoms with Crippen molar-refractivity contribution in [3.63, 3.8) is 0 Å². The lowest BCUT2D eigenvalue weighted by molar-refractivity contribution is -0.126. The smallest absolute Gasteiger partial charge is 0.243 e. The second kappa shape index (κ2) is 10.2. The van der Waals surface area contributed by atoms with Crippen LogP contribution in [0.15, 0.2) is 53.4 Å². The van der Waals surface area contributed by atoms with E-state index in [0.29, 0.717) is 31.6 Å². The Morgan fingerprint density at radius 3 is 2.23 bits per heavy atom. The number of hydrogen-bond acceptors (Lipinski definition) is 5. The molecule has 7 nitrogen and oxygen atoms in total. The third-order valence-electron chi connectivity index (χ3n) is 5.59. The molecule has 0 aliphatic carbocycles. The Hall–Kier alpha value is -2.55. The van der Waals surface area contributed by atoms with Gasteiger partial charge in [0, 0.05) is 38.2 Å². The minimum atomic E-state index is -3.64. The first-order valence-corrected chi connectivity index (χ1v) is 11.7. The van der Waals surface area contributed by atoms with Gasteiger partial charge >= 0.3 is 0 Å². The summed E-state index contributed by atoms with van der Waals surface area (Å²) in [5.41, 5.74) is 2.51. The summed E-state index contributed by atoms with van der Waals surface area (Å²) in [4.78, 5) is 24.2. The maximum Gasteiger partial charge on any atom is 0.243 e. The number of nitrogens with zero attached hydrogens (tertiary/aromatic N) is 1. The van der Waals surface area contributed by atoms with Crippen molar-refractivity contribution in [2.24, 2.45) is 5.92 Å². The van der Waals surface area contributed by atoms with Crippen LogP contribution in [0.25, 0.3) is 0 Å². The van der Waals surface area contributed by atoms with Gasteiger partial charge in [0.2, 0.25) is 15.9 Å². The molecule has 2 aromatic rings. The van der Waals surface area contributed by atoms with Gasteiger partial charge in [0.15, 0.2) is 5.78 Å². The lowest BCUT2D eigenvalue weighted by Crippen LogP contribution is -2.42. The van der Waals surface area contributed by atoms with Gasteiger partial charge in [-0.15, -0.1) is 0 Å². The van der Waals surface area contributed by atoms with E-state index in [1.807, 2.05) is 24.3 Å². The van der Waals surface area contributed by atoms with E-state index < -0.39 is 10.0 Å². The number of ether oxygens (including phenoxy) is 1. The van der Waals surface area contributed by atoms with Crippen LogP contribution in [0.1, 0.15) is 41.3 Å². The van der Waals surface area contributed by atoms with E-state index in [-0.39, 0.29) is 35.6 Å². The number of amides is 1. The Morgan fingerprint density at radius 1 is 1.03 bits per heavy atom. The molecule has 0 radical (unpaired) electrons. The molecule has 0 unspecified atom stereocenters. The Balaban J connectivity index is 1.56. The van der Waals surface area contributed by atoms with Crippen molar-refractivity contribution in [1.29, 1.82) is 0 Å². The van der Waals surface area contributed by atoms with Gasteiger partial charge in [0.25, 0.3) is 0 Å². The second-order valence-corrected chi connectivity index (χ2v) is 9.62. The number of carbonyl (C=O) groups is 2. The molecule has 3 rings (SSSR count). The first-order chi connectivity index (χ1) is 14.8. The minimum absolute atomic E-state index is 0.0601. The molecule has 0 atom stereocenters. The van der Waals surface area contributed by atoms with E-state index in [2.05, 4.69) is 5.32 Å². The highest BCUT2D eigenvalue weighted by Gasteiger charge is 2.32. The number of Topliss-reactive ketones (excluding diaryl/α,β-unsaturated/α-hetero) is 1. The lowest BCUT2D eigenvalue weighted by Gasteiger charge is -2.30. The fourth-order valence-corrected chi connectivity index (χ4v) is 5.19. The molecule has 166 valence electrons. The highest BCUT2D eigenvalue weighted by molar-refractivity contribution is 7.89. The van der Waals surface area contributed by atoms with Gasteiger partial charge in [-0.05, 0) is 43.0 Å². The average Bonchev–Trinajstić information content (AvgIpc) is 2.78. The Labute approximate surface area is 183 Å². The summed E-state index contributed by atoms with van der Waals surface area (Å²) in [6, 6.07) is 13.8. The number of sulfonamides is 1. The molecule has 0 saturated carbocycles. The molecule has 0 aromatic heterocycles. The van der Waals surface area contributed by atoms with Crippen LogP contribution in [-0.4, -0.2) is 44.6 Å². The van der Waals surface area contributed by atoms with Gasteiger partial charge in [-0.1, -0.05) is 36.4 Å². The van der Waals surface area contributed by atoms with Crippen molar-refractivity contribution in [1.82, 2.24) is 9.62 Å². The molecule has 1 heterocycles. The zero-order valence-corrected chi connectivity index (χ0v) is 18.7. The first kappa shape index (κ1) is 23.1. The number of hydrogen-bond donors (Lipinski definition) is 1. The van der Waals surface area contributed by atoms with Crippen molar-refractivity contribution < 1.29 is 22.7 Å². The largest absolute Gasteiger partial charge is 0.380 e. The minimum Gasteiger partial charge on any atom is -0.380 e. The van der Waals surface area contributed by atoms with Crippen molar-refractivity contribution in [2.45, 2.75) is 37.8 Å². The maximum absolute atomic E-state index is 12.9. The first-order valence-electron chi connectivity index (χ1n) is 10.3. The third kappa shape index (κ3) is 5.58. The summed E-state index contributed by atoms with van der Waals surface area (Å²) in [6.45, 7) is 2.91. The second-order valence-electron chi connectivity index (χ2n) is 7.68. The number of ketones is 1. The van der Waals surface area contributed by atoms with Crippen LogP contribution >= 0.6 is 0 Å². The molecule has 1 saturated heterocycles. The molecule has 8 heteroatoms. The molecule has 1 aliphatic rings. The Morgan fingerprint density at radius 2 is 1.65 bits per heavy atom. The number of benzene rings is 2. The molecule has 31 heavy (non-hydrogen) atoms. The van der Waals surface area contributed by atoms with E-state index in [1.54, 1.807) is 7.11 Å². The number of carbonyl (C=O) groups excluding carboxylic acids is 2. The monoisotopic (exact) mass is 444 g/mol. The number of piperidine rings is 1. The number of methoxy groups -OCH3 is 1. The van der Waals surface area contributed by atoms with Gasteiger partial charge in [-0.3, -0.25) is 9.59 Å². The Bertz CT molecular complexity index is 1030. The average molecular weight is 445 g/mol. The van der Waals surface area contributed by atoms with E-state index in [0.717, 1.165) is 11.1 Å². The fourth-order valence-electron chi connectivity index (χ4n) is 3.72. The highest BCUT2D eigenvalue weighted by Crippen LogP contribution is 2.24. The van der Waals surface area contributed by atoms with E-state index >= 15 is 0 Å². The lowest BCUT2D eigenvalue weighted by atomic mass is 9.97. The maximum atomic E-state index is 12.9. The number of rotatable bonds is 8.